The first kappa shape index (κ1) is 15.4. The second-order valence-electron chi connectivity index (χ2n) is 6.29. The van der Waals surface area contributed by atoms with E-state index in [-0.39, 0.29) is 5.04 Å². The summed E-state index contributed by atoms with van der Waals surface area (Å²) in [6.07, 6.45) is 4.90. The maximum absolute atomic E-state index is 6.14. The Morgan fingerprint density at radius 2 is 2.06 bits per heavy atom. The summed E-state index contributed by atoms with van der Waals surface area (Å²) < 4.78 is 8.22. The van der Waals surface area contributed by atoms with Gasteiger partial charge in [0.1, 0.15) is 0 Å². The number of rotatable bonds is 6. The molecule has 0 radical (unpaired) electrons. The largest absolute Gasteiger partial charge is 0.411 e. The van der Waals surface area contributed by atoms with E-state index in [1.165, 1.54) is 0 Å². The summed E-state index contributed by atoms with van der Waals surface area (Å²) in [5.74, 6) is 0. The second kappa shape index (κ2) is 5.99. The molecule has 1 aromatic heterocycles. The Kier molecular flexibility index (Phi) is 5.13. The molecule has 0 aliphatic carbocycles. The van der Waals surface area contributed by atoms with E-state index in [0.29, 0.717) is 13.2 Å². The van der Waals surface area contributed by atoms with E-state index >= 15 is 0 Å². The number of aryl methyl sites for hydroxylation is 1. The monoisotopic (exact) mass is 269 g/mol. The quantitative estimate of drug-likeness (QED) is 0.808. The number of hydrogen-bond acceptors (Lipinski definition) is 3. The molecule has 4 nitrogen and oxygen atoms in total. The van der Waals surface area contributed by atoms with Crippen molar-refractivity contribution in [1.29, 1.82) is 0 Å². The summed E-state index contributed by atoms with van der Waals surface area (Å²) in [5, 5.41) is 0.245. The van der Waals surface area contributed by atoms with Gasteiger partial charge in [0.25, 0.3) is 0 Å². The zero-order chi connectivity index (χ0) is 13.8. The molecule has 0 saturated carbocycles. The summed E-state index contributed by atoms with van der Waals surface area (Å²) in [7, 11) is -1.67. The Hall–Kier alpha value is -0.653. The van der Waals surface area contributed by atoms with E-state index in [4.69, 9.17) is 10.2 Å². The van der Waals surface area contributed by atoms with E-state index in [9.17, 15) is 0 Å². The van der Waals surface area contributed by atoms with E-state index < -0.39 is 8.32 Å². The molecule has 18 heavy (non-hydrogen) atoms. The molecule has 5 heteroatoms. The lowest BCUT2D eigenvalue weighted by atomic mass is 10.2. The van der Waals surface area contributed by atoms with Crippen LogP contribution in [0.25, 0.3) is 0 Å². The van der Waals surface area contributed by atoms with Gasteiger partial charge < -0.3 is 14.7 Å². The molecule has 0 spiro atoms. The zero-order valence-electron chi connectivity index (χ0n) is 12.4. The van der Waals surface area contributed by atoms with Gasteiger partial charge in [0.05, 0.1) is 18.6 Å². The standard InChI is InChI=1S/C13H27N3OSi/c1-13(2,3)18(4,5)17-10-12-9-16(11-15-12)8-6-7-14/h9,11H,6-8,10,14H2,1-5H3. The first-order valence-corrected chi connectivity index (χ1v) is 9.52. The van der Waals surface area contributed by atoms with Crippen molar-refractivity contribution >= 4 is 8.32 Å². The maximum atomic E-state index is 6.14. The van der Waals surface area contributed by atoms with Crippen LogP contribution in [0.1, 0.15) is 32.9 Å². The first-order valence-electron chi connectivity index (χ1n) is 6.61. The average Bonchev–Trinajstić information content (AvgIpc) is 2.70. The minimum atomic E-state index is -1.67. The molecule has 0 fully saturated rings. The topological polar surface area (TPSA) is 53.1 Å². The van der Waals surface area contributed by atoms with Crippen LogP contribution in [0.5, 0.6) is 0 Å². The number of hydrogen-bond donors (Lipinski definition) is 1. The van der Waals surface area contributed by atoms with Crippen LogP contribution in [0.15, 0.2) is 12.5 Å². The van der Waals surface area contributed by atoms with E-state index in [2.05, 4.69) is 49.6 Å². The van der Waals surface area contributed by atoms with Gasteiger partial charge in [-0.1, -0.05) is 20.8 Å². The lowest BCUT2D eigenvalue weighted by Gasteiger charge is -2.35. The Balaban J connectivity index is 2.51. The van der Waals surface area contributed by atoms with Crippen LogP contribution in [0, 0.1) is 0 Å². The van der Waals surface area contributed by atoms with Gasteiger partial charge >= 0.3 is 0 Å². The molecule has 0 aliphatic heterocycles. The van der Waals surface area contributed by atoms with Gasteiger partial charge in [0.15, 0.2) is 8.32 Å². The average molecular weight is 269 g/mol. The molecule has 1 heterocycles. The Labute approximate surface area is 112 Å². The molecule has 2 N–H and O–H groups in total. The first-order chi connectivity index (χ1) is 8.26. The highest BCUT2D eigenvalue weighted by atomic mass is 28.4. The van der Waals surface area contributed by atoms with E-state index in [1.54, 1.807) is 0 Å². The number of nitrogens with two attached hydrogens (primary N) is 1. The molecular weight excluding hydrogens is 242 g/mol. The van der Waals surface area contributed by atoms with Crippen molar-refractivity contribution in [1.82, 2.24) is 9.55 Å². The van der Waals surface area contributed by atoms with Crippen LogP contribution in [0.3, 0.4) is 0 Å². The summed E-state index contributed by atoms with van der Waals surface area (Å²) >= 11 is 0. The van der Waals surface area contributed by atoms with Crippen molar-refractivity contribution in [3.8, 4) is 0 Å². The van der Waals surface area contributed by atoms with E-state index in [1.807, 2.05) is 6.33 Å². The Morgan fingerprint density at radius 3 is 2.61 bits per heavy atom. The smallest absolute Gasteiger partial charge is 0.192 e. The van der Waals surface area contributed by atoms with Gasteiger partial charge in [-0.05, 0) is 31.1 Å². The molecule has 0 unspecified atom stereocenters. The van der Waals surface area contributed by atoms with Crippen LogP contribution in [0.4, 0.5) is 0 Å². The number of aromatic nitrogens is 2. The third-order valence-corrected chi connectivity index (χ3v) is 8.17. The highest BCUT2D eigenvalue weighted by molar-refractivity contribution is 6.74. The molecule has 0 atom stereocenters. The molecule has 0 bridgehead atoms. The van der Waals surface area contributed by atoms with Crippen LogP contribution in [-0.2, 0) is 17.6 Å². The summed E-state index contributed by atoms with van der Waals surface area (Å²) in [6.45, 7) is 13.5. The van der Waals surface area contributed by atoms with Crippen LogP contribution >= 0.6 is 0 Å². The molecule has 1 aromatic rings. The van der Waals surface area contributed by atoms with Crippen LogP contribution in [0.2, 0.25) is 18.1 Å². The van der Waals surface area contributed by atoms with Crippen molar-refractivity contribution in [2.45, 2.75) is 58.5 Å². The fourth-order valence-corrected chi connectivity index (χ4v) is 2.29. The van der Waals surface area contributed by atoms with Gasteiger partial charge in [-0.2, -0.15) is 0 Å². The third-order valence-electron chi connectivity index (χ3n) is 3.69. The van der Waals surface area contributed by atoms with Crippen molar-refractivity contribution in [2.75, 3.05) is 6.54 Å². The van der Waals surface area contributed by atoms with Crippen molar-refractivity contribution in [2.24, 2.45) is 5.73 Å². The minimum absolute atomic E-state index is 0.245. The summed E-state index contributed by atoms with van der Waals surface area (Å²) in [6, 6.07) is 0. The second-order valence-corrected chi connectivity index (χ2v) is 11.1. The normalized spacial score (nSPS) is 13.0. The maximum Gasteiger partial charge on any atom is 0.192 e. The summed E-state index contributed by atoms with van der Waals surface area (Å²) in [4.78, 5) is 4.37. The molecular formula is C13H27N3OSi. The minimum Gasteiger partial charge on any atom is -0.411 e. The van der Waals surface area contributed by atoms with Gasteiger partial charge in [0.2, 0.25) is 0 Å². The molecule has 0 aromatic carbocycles. The number of nitrogens with zero attached hydrogens (tertiary/aromatic N) is 2. The molecule has 0 aliphatic rings. The van der Waals surface area contributed by atoms with Crippen LogP contribution < -0.4 is 5.73 Å². The van der Waals surface area contributed by atoms with Crippen molar-refractivity contribution in [3.05, 3.63) is 18.2 Å². The third kappa shape index (κ3) is 4.22. The lowest BCUT2D eigenvalue weighted by Crippen LogP contribution is -2.40. The highest BCUT2D eigenvalue weighted by Crippen LogP contribution is 2.36. The molecule has 0 amide bonds. The Bertz CT molecular complexity index is 369. The lowest BCUT2D eigenvalue weighted by molar-refractivity contribution is 0.272. The number of imidazole rings is 1. The fourth-order valence-electron chi connectivity index (χ4n) is 1.35. The fraction of sp³-hybridized carbons (Fsp3) is 0.769. The molecule has 1 rings (SSSR count). The van der Waals surface area contributed by atoms with Gasteiger partial charge in [-0.15, -0.1) is 0 Å². The van der Waals surface area contributed by atoms with Crippen molar-refractivity contribution < 1.29 is 4.43 Å². The van der Waals surface area contributed by atoms with E-state index in [0.717, 1.165) is 18.7 Å². The summed E-state index contributed by atoms with van der Waals surface area (Å²) in [5.41, 5.74) is 6.50. The predicted molar refractivity (Wildman–Crippen MR) is 77.9 cm³/mol. The van der Waals surface area contributed by atoms with Crippen LogP contribution in [-0.4, -0.2) is 24.4 Å². The van der Waals surface area contributed by atoms with Crippen molar-refractivity contribution in [3.63, 3.8) is 0 Å². The Morgan fingerprint density at radius 1 is 1.39 bits per heavy atom. The van der Waals surface area contributed by atoms with Gasteiger partial charge in [-0.3, -0.25) is 0 Å². The van der Waals surface area contributed by atoms with Gasteiger partial charge in [0, 0.05) is 12.7 Å². The SMILES string of the molecule is CC(C)(C)[Si](C)(C)OCc1cn(CCCN)cn1. The highest BCUT2D eigenvalue weighted by Gasteiger charge is 2.37. The zero-order valence-corrected chi connectivity index (χ0v) is 13.4. The molecule has 0 saturated heterocycles. The predicted octanol–water partition coefficient (Wildman–Crippen LogP) is 2.75. The molecule has 104 valence electrons. The van der Waals surface area contributed by atoms with Gasteiger partial charge in [-0.25, -0.2) is 4.98 Å².